The first-order valence-electron chi connectivity index (χ1n) is 9.03. The first-order chi connectivity index (χ1) is 10.3. The molecule has 1 atom stereocenters. The fourth-order valence-electron chi connectivity index (χ4n) is 4.39. The summed E-state index contributed by atoms with van der Waals surface area (Å²) < 4.78 is 0. The van der Waals surface area contributed by atoms with Crippen LogP contribution in [-0.4, -0.2) is 25.0 Å². The summed E-state index contributed by atoms with van der Waals surface area (Å²) in [4.78, 5) is 2.43. The largest absolute Gasteiger partial charge is 0.306 e. The highest BCUT2D eigenvalue weighted by atomic mass is 35.5. The van der Waals surface area contributed by atoms with E-state index in [-0.39, 0.29) is 12.4 Å². The molecule has 3 rings (SSSR count). The molecule has 0 spiro atoms. The maximum Gasteiger partial charge on any atom is 0.0133 e. The van der Waals surface area contributed by atoms with E-state index in [4.69, 9.17) is 0 Å². The number of likely N-dealkylation sites (N-methyl/N-ethyl adjacent to an activating group) is 1. The van der Waals surface area contributed by atoms with Gasteiger partial charge in [-0.05, 0) is 68.8 Å². The topological polar surface area (TPSA) is 3.24 Å². The summed E-state index contributed by atoms with van der Waals surface area (Å²) in [6.07, 6.45) is 13.9. The van der Waals surface area contributed by atoms with E-state index >= 15 is 0 Å². The van der Waals surface area contributed by atoms with Crippen LogP contribution in [0.3, 0.4) is 0 Å². The number of fused-ring (bicyclic) bond motifs is 1. The van der Waals surface area contributed by atoms with Crippen molar-refractivity contribution in [1.82, 2.24) is 4.90 Å². The SMILES string of the molecule is CN(C)[C@@H]1CCc2cccc(C3CCCCCCC3)c2C1.Cl. The van der Waals surface area contributed by atoms with E-state index in [0.717, 1.165) is 12.0 Å². The van der Waals surface area contributed by atoms with Crippen LogP contribution in [-0.2, 0) is 12.8 Å². The van der Waals surface area contributed by atoms with Crippen LogP contribution in [0.15, 0.2) is 18.2 Å². The second kappa shape index (κ2) is 8.36. The average Bonchev–Trinajstić information content (AvgIpc) is 2.46. The molecule has 1 aromatic carbocycles. The molecule has 0 bridgehead atoms. The lowest BCUT2D eigenvalue weighted by molar-refractivity contribution is 0.267. The van der Waals surface area contributed by atoms with Gasteiger partial charge in [0.2, 0.25) is 0 Å². The molecular weight excluding hydrogens is 290 g/mol. The Bertz CT molecular complexity index is 461. The van der Waals surface area contributed by atoms with E-state index in [1.807, 2.05) is 0 Å². The fraction of sp³-hybridized carbons (Fsp3) is 0.700. The van der Waals surface area contributed by atoms with Crippen LogP contribution in [0.4, 0.5) is 0 Å². The van der Waals surface area contributed by atoms with Crippen molar-refractivity contribution in [3.05, 3.63) is 34.9 Å². The maximum absolute atomic E-state index is 2.45. The number of halogens is 1. The Morgan fingerprint density at radius 1 is 0.909 bits per heavy atom. The van der Waals surface area contributed by atoms with E-state index in [1.165, 1.54) is 64.2 Å². The summed E-state index contributed by atoms with van der Waals surface area (Å²) in [5.41, 5.74) is 5.07. The molecule has 0 aliphatic heterocycles. The molecule has 1 fully saturated rings. The molecule has 0 radical (unpaired) electrons. The van der Waals surface area contributed by atoms with Crippen molar-refractivity contribution >= 4 is 12.4 Å². The van der Waals surface area contributed by atoms with Crippen LogP contribution in [0, 0.1) is 0 Å². The summed E-state index contributed by atoms with van der Waals surface area (Å²) in [6.45, 7) is 0. The van der Waals surface area contributed by atoms with Gasteiger partial charge >= 0.3 is 0 Å². The van der Waals surface area contributed by atoms with Gasteiger partial charge in [-0.15, -0.1) is 12.4 Å². The van der Waals surface area contributed by atoms with Crippen molar-refractivity contribution in [2.45, 2.75) is 76.2 Å². The van der Waals surface area contributed by atoms with Gasteiger partial charge in [0.25, 0.3) is 0 Å². The molecule has 124 valence electrons. The van der Waals surface area contributed by atoms with E-state index in [2.05, 4.69) is 37.2 Å². The summed E-state index contributed by atoms with van der Waals surface area (Å²) in [5, 5.41) is 0. The Morgan fingerprint density at radius 3 is 2.27 bits per heavy atom. The molecule has 2 aliphatic carbocycles. The van der Waals surface area contributed by atoms with Gasteiger partial charge in [-0.1, -0.05) is 50.3 Å². The van der Waals surface area contributed by atoms with Crippen molar-refractivity contribution in [1.29, 1.82) is 0 Å². The summed E-state index contributed by atoms with van der Waals surface area (Å²) in [5.74, 6) is 0.834. The average molecular weight is 322 g/mol. The molecule has 2 aliphatic rings. The van der Waals surface area contributed by atoms with Crippen LogP contribution in [0.2, 0.25) is 0 Å². The number of hydrogen-bond acceptors (Lipinski definition) is 1. The van der Waals surface area contributed by atoms with Gasteiger partial charge in [-0.2, -0.15) is 0 Å². The van der Waals surface area contributed by atoms with Crippen LogP contribution >= 0.6 is 12.4 Å². The molecule has 0 unspecified atom stereocenters. The molecule has 0 heterocycles. The predicted molar refractivity (Wildman–Crippen MR) is 98.3 cm³/mol. The van der Waals surface area contributed by atoms with Gasteiger partial charge in [0, 0.05) is 6.04 Å². The highest BCUT2D eigenvalue weighted by Crippen LogP contribution is 2.36. The number of nitrogens with zero attached hydrogens (tertiary/aromatic N) is 1. The van der Waals surface area contributed by atoms with Crippen LogP contribution in [0.25, 0.3) is 0 Å². The minimum absolute atomic E-state index is 0. The Kier molecular flexibility index (Phi) is 6.77. The minimum Gasteiger partial charge on any atom is -0.306 e. The van der Waals surface area contributed by atoms with Gasteiger partial charge in [-0.25, -0.2) is 0 Å². The predicted octanol–water partition coefficient (Wildman–Crippen LogP) is 5.36. The van der Waals surface area contributed by atoms with Gasteiger partial charge < -0.3 is 4.90 Å². The lowest BCUT2D eigenvalue weighted by Crippen LogP contribution is -2.34. The number of hydrogen-bond donors (Lipinski definition) is 0. The Labute approximate surface area is 142 Å². The second-order valence-corrected chi connectivity index (χ2v) is 7.39. The Balaban J connectivity index is 0.00000176. The number of aryl methyl sites for hydroxylation is 1. The molecule has 1 aromatic rings. The minimum atomic E-state index is 0. The fourth-order valence-corrected chi connectivity index (χ4v) is 4.39. The van der Waals surface area contributed by atoms with Crippen molar-refractivity contribution in [3.8, 4) is 0 Å². The molecule has 0 N–H and O–H groups in total. The monoisotopic (exact) mass is 321 g/mol. The Hall–Kier alpha value is -0.530. The second-order valence-electron chi connectivity index (χ2n) is 7.39. The highest BCUT2D eigenvalue weighted by Gasteiger charge is 2.25. The molecule has 0 aromatic heterocycles. The van der Waals surface area contributed by atoms with Crippen molar-refractivity contribution in [2.24, 2.45) is 0 Å². The van der Waals surface area contributed by atoms with E-state index in [0.29, 0.717) is 0 Å². The molecule has 1 saturated carbocycles. The zero-order valence-electron chi connectivity index (χ0n) is 14.3. The lowest BCUT2D eigenvalue weighted by Gasteiger charge is -2.33. The van der Waals surface area contributed by atoms with E-state index in [1.54, 1.807) is 16.7 Å². The number of benzene rings is 1. The zero-order chi connectivity index (χ0) is 14.7. The highest BCUT2D eigenvalue weighted by molar-refractivity contribution is 5.85. The normalized spacial score (nSPS) is 23.3. The zero-order valence-corrected chi connectivity index (χ0v) is 15.1. The third-order valence-electron chi connectivity index (χ3n) is 5.77. The molecular formula is C20H32ClN. The molecule has 22 heavy (non-hydrogen) atoms. The molecule has 2 heteroatoms. The molecule has 1 nitrogen and oxygen atoms in total. The Morgan fingerprint density at radius 2 is 1.59 bits per heavy atom. The quantitative estimate of drug-likeness (QED) is 0.709. The van der Waals surface area contributed by atoms with E-state index in [9.17, 15) is 0 Å². The van der Waals surface area contributed by atoms with E-state index < -0.39 is 0 Å². The van der Waals surface area contributed by atoms with Crippen molar-refractivity contribution in [3.63, 3.8) is 0 Å². The van der Waals surface area contributed by atoms with Crippen molar-refractivity contribution < 1.29 is 0 Å². The third-order valence-corrected chi connectivity index (χ3v) is 5.77. The standard InChI is InChI=1S/C20H31N.ClH/c1-21(2)18-14-13-17-11-8-12-19(20(17)15-18)16-9-6-4-3-5-7-10-16;/h8,11-12,16,18H,3-7,9-10,13-15H2,1-2H3;1H/t18-;/m1./s1. The van der Waals surface area contributed by atoms with Gasteiger partial charge in [0.1, 0.15) is 0 Å². The maximum atomic E-state index is 2.45. The van der Waals surface area contributed by atoms with Crippen LogP contribution < -0.4 is 0 Å². The first kappa shape index (κ1) is 17.8. The molecule has 0 saturated heterocycles. The third kappa shape index (κ3) is 4.06. The van der Waals surface area contributed by atoms with Crippen LogP contribution in [0.1, 0.15) is 74.0 Å². The van der Waals surface area contributed by atoms with Crippen molar-refractivity contribution in [2.75, 3.05) is 14.1 Å². The molecule has 0 amide bonds. The van der Waals surface area contributed by atoms with Crippen LogP contribution in [0.5, 0.6) is 0 Å². The van der Waals surface area contributed by atoms with Gasteiger partial charge in [0.15, 0.2) is 0 Å². The summed E-state index contributed by atoms with van der Waals surface area (Å²) in [7, 11) is 4.49. The number of rotatable bonds is 2. The van der Waals surface area contributed by atoms with Gasteiger partial charge in [0.05, 0.1) is 0 Å². The lowest BCUT2D eigenvalue weighted by atomic mass is 9.78. The summed E-state index contributed by atoms with van der Waals surface area (Å²) in [6, 6.07) is 7.90. The smallest absolute Gasteiger partial charge is 0.0133 e. The summed E-state index contributed by atoms with van der Waals surface area (Å²) >= 11 is 0. The first-order valence-corrected chi connectivity index (χ1v) is 9.03. The van der Waals surface area contributed by atoms with Gasteiger partial charge in [-0.3, -0.25) is 0 Å².